The first-order valence-corrected chi connectivity index (χ1v) is 2.66. The Morgan fingerprint density at radius 3 is 2.44 bits per heavy atom. The van der Waals surface area contributed by atoms with Crippen molar-refractivity contribution in [1.82, 2.24) is 0 Å². The third kappa shape index (κ3) is 3.90. The van der Waals surface area contributed by atoms with E-state index in [-0.39, 0.29) is 6.42 Å². The van der Waals surface area contributed by atoms with E-state index in [2.05, 4.69) is 0 Å². The smallest absolute Gasteiger partial charge is 0.338 e. The molecule has 9 heavy (non-hydrogen) atoms. The van der Waals surface area contributed by atoms with E-state index in [1.807, 2.05) is 0 Å². The van der Waals surface area contributed by atoms with Crippen LogP contribution in [0.3, 0.4) is 0 Å². The summed E-state index contributed by atoms with van der Waals surface area (Å²) >= 11 is 0. The van der Waals surface area contributed by atoms with Gasteiger partial charge in [0.15, 0.2) is 6.17 Å². The van der Waals surface area contributed by atoms with Crippen molar-refractivity contribution in [3.05, 3.63) is 0 Å². The summed E-state index contributed by atoms with van der Waals surface area (Å²) in [6.07, 6.45) is -1.93. The summed E-state index contributed by atoms with van der Waals surface area (Å²) in [6, 6.07) is -0.393. The molecule has 0 saturated heterocycles. The maximum Gasteiger partial charge on any atom is 0.338 e. The number of carboxylic acids is 1. The quantitative estimate of drug-likeness (QED) is 0.578. The number of alkyl halides is 1. The molecule has 3 N–H and O–H groups in total. The SMILES string of the molecule is CC(N)CC(F)C(=O)O. The number of halogens is 1. The van der Waals surface area contributed by atoms with E-state index >= 15 is 0 Å². The van der Waals surface area contributed by atoms with Crippen molar-refractivity contribution in [1.29, 1.82) is 0 Å². The zero-order valence-corrected chi connectivity index (χ0v) is 5.17. The summed E-state index contributed by atoms with van der Waals surface area (Å²) in [5, 5.41) is 8.00. The fourth-order valence-corrected chi connectivity index (χ4v) is 0.427. The van der Waals surface area contributed by atoms with Crippen LogP contribution in [0.4, 0.5) is 4.39 Å². The fraction of sp³-hybridized carbons (Fsp3) is 0.800. The van der Waals surface area contributed by atoms with Gasteiger partial charge >= 0.3 is 5.97 Å². The van der Waals surface area contributed by atoms with E-state index in [1.165, 1.54) is 0 Å². The molecule has 0 aliphatic heterocycles. The Hall–Kier alpha value is -0.640. The molecule has 0 aromatic heterocycles. The van der Waals surface area contributed by atoms with Gasteiger partial charge in [0, 0.05) is 12.5 Å². The van der Waals surface area contributed by atoms with E-state index in [0.717, 1.165) is 0 Å². The molecular formula is C5H10FNO2. The van der Waals surface area contributed by atoms with Crippen LogP contribution in [-0.4, -0.2) is 23.3 Å². The van der Waals surface area contributed by atoms with Crippen molar-refractivity contribution >= 4 is 5.97 Å². The molecule has 0 saturated carbocycles. The van der Waals surface area contributed by atoms with Gasteiger partial charge in [-0.2, -0.15) is 0 Å². The van der Waals surface area contributed by atoms with Crippen LogP contribution in [-0.2, 0) is 4.79 Å². The molecule has 3 nitrogen and oxygen atoms in total. The highest BCUT2D eigenvalue weighted by Crippen LogP contribution is 1.99. The molecule has 0 fully saturated rings. The van der Waals surface area contributed by atoms with Gasteiger partial charge in [-0.3, -0.25) is 0 Å². The molecule has 0 amide bonds. The Bertz CT molecular complexity index is 105. The van der Waals surface area contributed by atoms with E-state index in [9.17, 15) is 9.18 Å². The van der Waals surface area contributed by atoms with Crippen molar-refractivity contribution in [2.45, 2.75) is 25.6 Å². The number of carbonyl (C=O) groups is 1. The number of rotatable bonds is 3. The number of hydrogen-bond donors (Lipinski definition) is 2. The van der Waals surface area contributed by atoms with Gasteiger partial charge in [0.1, 0.15) is 0 Å². The van der Waals surface area contributed by atoms with Gasteiger partial charge in [-0.25, -0.2) is 9.18 Å². The van der Waals surface area contributed by atoms with E-state index in [1.54, 1.807) is 6.92 Å². The third-order valence-electron chi connectivity index (χ3n) is 0.847. The minimum atomic E-state index is -1.81. The summed E-state index contributed by atoms with van der Waals surface area (Å²) in [5.41, 5.74) is 5.13. The Morgan fingerprint density at radius 2 is 2.33 bits per heavy atom. The van der Waals surface area contributed by atoms with Crippen molar-refractivity contribution in [3.63, 3.8) is 0 Å². The van der Waals surface area contributed by atoms with Gasteiger partial charge in [-0.1, -0.05) is 0 Å². The second-order valence-corrected chi connectivity index (χ2v) is 2.02. The molecule has 0 spiro atoms. The Balaban J connectivity index is 3.50. The molecule has 2 unspecified atom stereocenters. The largest absolute Gasteiger partial charge is 0.479 e. The van der Waals surface area contributed by atoms with Crippen LogP contribution >= 0.6 is 0 Å². The molecule has 0 aromatic rings. The third-order valence-corrected chi connectivity index (χ3v) is 0.847. The maximum atomic E-state index is 12.1. The summed E-state index contributed by atoms with van der Waals surface area (Å²) in [5.74, 6) is -1.44. The van der Waals surface area contributed by atoms with Gasteiger partial charge in [-0.05, 0) is 6.92 Å². The lowest BCUT2D eigenvalue weighted by Crippen LogP contribution is -2.25. The standard InChI is InChI=1S/C5H10FNO2/c1-3(7)2-4(6)5(8)9/h3-4H,2,7H2,1H3,(H,8,9). The van der Waals surface area contributed by atoms with E-state index < -0.39 is 18.2 Å². The number of hydrogen-bond acceptors (Lipinski definition) is 2. The number of carboxylic acid groups (broad SMARTS) is 1. The molecule has 0 radical (unpaired) electrons. The maximum absolute atomic E-state index is 12.1. The van der Waals surface area contributed by atoms with Gasteiger partial charge < -0.3 is 10.8 Å². The molecule has 4 heteroatoms. The molecule has 0 heterocycles. The lowest BCUT2D eigenvalue weighted by atomic mass is 10.2. The average Bonchev–Trinajstić information content (AvgIpc) is 1.63. The lowest BCUT2D eigenvalue weighted by Gasteiger charge is -2.04. The summed E-state index contributed by atoms with van der Waals surface area (Å²) in [7, 11) is 0. The summed E-state index contributed by atoms with van der Waals surface area (Å²) in [4.78, 5) is 9.80. The zero-order chi connectivity index (χ0) is 7.44. The molecule has 54 valence electrons. The molecule has 0 rings (SSSR count). The van der Waals surface area contributed by atoms with Crippen molar-refractivity contribution in [2.75, 3.05) is 0 Å². The Labute approximate surface area is 52.7 Å². The highest BCUT2D eigenvalue weighted by molar-refractivity contribution is 5.72. The van der Waals surface area contributed by atoms with E-state index in [0.29, 0.717) is 0 Å². The summed E-state index contributed by atoms with van der Waals surface area (Å²) < 4.78 is 12.1. The van der Waals surface area contributed by atoms with Crippen molar-refractivity contribution < 1.29 is 14.3 Å². The van der Waals surface area contributed by atoms with Crippen molar-refractivity contribution in [2.24, 2.45) is 5.73 Å². The number of nitrogens with two attached hydrogens (primary N) is 1. The monoisotopic (exact) mass is 135 g/mol. The first kappa shape index (κ1) is 8.36. The fourth-order valence-electron chi connectivity index (χ4n) is 0.427. The van der Waals surface area contributed by atoms with Crippen LogP contribution in [0.5, 0.6) is 0 Å². The van der Waals surface area contributed by atoms with E-state index in [4.69, 9.17) is 10.8 Å². The topological polar surface area (TPSA) is 63.3 Å². The van der Waals surface area contributed by atoms with Gasteiger partial charge in [0.2, 0.25) is 0 Å². The van der Waals surface area contributed by atoms with Crippen LogP contribution in [0.2, 0.25) is 0 Å². The van der Waals surface area contributed by atoms with Gasteiger partial charge in [0.25, 0.3) is 0 Å². The molecule has 0 bridgehead atoms. The lowest BCUT2D eigenvalue weighted by molar-refractivity contribution is -0.143. The Kier molecular flexibility index (Phi) is 3.16. The second-order valence-electron chi connectivity index (χ2n) is 2.02. The first-order chi connectivity index (χ1) is 4.04. The van der Waals surface area contributed by atoms with Crippen molar-refractivity contribution in [3.8, 4) is 0 Å². The minimum absolute atomic E-state index is 0.116. The predicted molar refractivity (Wildman–Crippen MR) is 30.8 cm³/mol. The van der Waals surface area contributed by atoms with Crippen LogP contribution < -0.4 is 5.73 Å². The van der Waals surface area contributed by atoms with Crippen LogP contribution in [0, 0.1) is 0 Å². The zero-order valence-electron chi connectivity index (χ0n) is 5.17. The van der Waals surface area contributed by atoms with Crippen LogP contribution in [0.1, 0.15) is 13.3 Å². The predicted octanol–water partition coefficient (Wildman–Crippen LogP) is 0.146. The van der Waals surface area contributed by atoms with Crippen LogP contribution in [0.15, 0.2) is 0 Å². The average molecular weight is 135 g/mol. The second kappa shape index (κ2) is 3.40. The molecule has 2 atom stereocenters. The van der Waals surface area contributed by atoms with Crippen LogP contribution in [0.25, 0.3) is 0 Å². The molecule has 0 aromatic carbocycles. The number of aliphatic carboxylic acids is 1. The molecule has 0 aliphatic carbocycles. The summed E-state index contributed by atoms with van der Waals surface area (Å²) in [6.45, 7) is 1.56. The first-order valence-electron chi connectivity index (χ1n) is 2.66. The molecular weight excluding hydrogens is 125 g/mol. The highest BCUT2D eigenvalue weighted by atomic mass is 19.1. The normalized spacial score (nSPS) is 16.8. The minimum Gasteiger partial charge on any atom is -0.479 e. The Morgan fingerprint density at radius 1 is 1.89 bits per heavy atom. The molecule has 0 aliphatic rings. The highest BCUT2D eigenvalue weighted by Gasteiger charge is 2.16. The van der Waals surface area contributed by atoms with Gasteiger partial charge in [-0.15, -0.1) is 0 Å². The van der Waals surface area contributed by atoms with Gasteiger partial charge in [0.05, 0.1) is 0 Å².